The number of thiocarbonyl (C=S) groups is 1. The molecule has 0 unspecified atom stereocenters. The average molecular weight is 258 g/mol. The Kier molecular flexibility index (Phi) is 4.75. The van der Waals surface area contributed by atoms with E-state index < -0.39 is 0 Å². The maximum Gasteiger partial charge on any atom is 0.223 e. The summed E-state index contributed by atoms with van der Waals surface area (Å²) < 4.78 is 5.81. The summed E-state index contributed by atoms with van der Waals surface area (Å²) in [5.74, 6) is 1.34. The molecule has 0 saturated heterocycles. The first-order valence-electron chi connectivity index (χ1n) is 4.54. The highest BCUT2D eigenvalue weighted by Gasteiger charge is 2.05. The van der Waals surface area contributed by atoms with E-state index in [4.69, 9.17) is 22.7 Å². The highest BCUT2D eigenvalue weighted by atomic mass is 32.2. The Bertz CT molecular complexity index is 384. The number of ether oxygens (including phenoxy) is 1. The summed E-state index contributed by atoms with van der Waals surface area (Å²) in [6.07, 6.45) is 0. The van der Waals surface area contributed by atoms with E-state index in [0.29, 0.717) is 11.6 Å². The first kappa shape index (κ1) is 13.0. The molecule has 0 aromatic carbocycles. The molecule has 0 bridgehead atoms. The Morgan fingerprint density at radius 3 is 2.81 bits per heavy atom. The van der Waals surface area contributed by atoms with Crippen molar-refractivity contribution < 1.29 is 4.74 Å². The van der Waals surface area contributed by atoms with Crippen LogP contribution in [0.5, 0.6) is 5.88 Å². The number of hydrogen-bond donors (Lipinski definition) is 1. The van der Waals surface area contributed by atoms with Gasteiger partial charge in [-0.3, -0.25) is 0 Å². The molecule has 0 aliphatic heterocycles. The van der Waals surface area contributed by atoms with Crippen LogP contribution in [0.15, 0.2) is 6.07 Å². The topological polar surface area (TPSA) is 64.3 Å². The standard InChI is InChI=1S/C9H14N4OS2/c1-13(2)9(15)16-5-6-4-7(14-3)12-8(10)11-6/h4H,5H2,1-3H3,(H2,10,11,12). The molecule has 0 saturated carbocycles. The Morgan fingerprint density at radius 2 is 2.25 bits per heavy atom. The van der Waals surface area contributed by atoms with Gasteiger partial charge in [-0.2, -0.15) is 4.98 Å². The summed E-state index contributed by atoms with van der Waals surface area (Å²) in [5, 5.41) is 0. The number of aromatic nitrogens is 2. The minimum atomic E-state index is 0.214. The van der Waals surface area contributed by atoms with Gasteiger partial charge >= 0.3 is 0 Å². The fourth-order valence-electron chi connectivity index (χ4n) is 0.935. The molecule has 0 atom stereocenters. The normalized spacial score (nSPS) is 9.94. The van der Waals surface area contributed by atoms with Gasteiger partial charge < -0.3 is 15.4 Å². The second-order valence-electron chi connectivity index (χ2n) is 3.21. The number of thioether (sulfide) groups is 1. The van der Waals surface area contributed by atoms with Gasteiger partial charge in [0.05, 0.1) is 12.8 Å². The van der Waals surface area contributed by atoms with Gasteiger partial charge in [0.1, 0.15) is 4.32 Å². The fraction of sp³-hybridized carbons (Fsp3) is 0.444. The third-order valence-electron chi connectivity index (χ3n) is 1.69. The van der Waals surface area contributed by atoms with Crippen molar-refractivity contribution in [3.05, 3.63) is 11.8 Å². The van der Waals surface area contributed by atoms with Crippen LogP contribution >= 0.6 is 24.0 Å². The molecule has 1 rings (SSSR count). The average Bonchev–Trinajstić information content (AvgIpc) is 2.24. The number of nitrogens with two attached hydrogens (primary N) is 1. The maximum atomic E-state index is 5.55. The summed E-state index contributed by atoms with van der Waals surface area (Å²) in [5.41, 5.74) is 6.35. The van der Waals surface area contributed by atoms with Gasteiger partial charge in [-0.1, -0.05) is 24.0 Å². The van der Waals surface area contributed by atoms with Gasteiger partial charge in [-0.05, 0) is 0 Å². The predicted octanol–water partition coefficient (Wildman–Crippen LogP) is 1.15. The van der Waals surface area contributed by atoms with E-state index in [9.17, 15) is 0 Å². The molecule has 88 valence electrons. The van der Waals surface area contributed by atoms with E-state index in [1.807, 2.05) is 19.0 Å². The molecule has 0 aliphatic carbocycles. The van der Waals surface area contributed by atoms with Crippen molar-refractivity contribution >= 4 is 34.2 Å². The van der Waals surface area contributed by atoms with E-state index in [-0.39, 0.29) is 5.95 Å². The van der Waals surface area contributed by atoms with Crippen LogP contribution in [0.1, 0.15) is 5.69 Å². The van der Waals surface area contributed by atoms with Crippen LogP contribution in [0.3, 0.4) is 0 Å². The lowest BCUT2D eigenvalue weighted by atomic mass is 10.4. The Balaban J connectivity index is 2.67. The molecule has 0 fully saturated rings. The van der Waals surface area contributed by atoms with Gasteiger partial charge in [-0.25, -0.2) is 4.98 Å². The molecular formula is C9H14N4OS2. The lowest BCUT2D eigenvalue weighted by Gasteiger charge is -2.12. The first-order chi connectivity index (χ1) is 7.52. The van der Waals surface area contributed by atoms with E-state index in [1.165, 1.54) is 11.8 Å². The summed E-state index contributed by atoms with van der Waals surface area (Å²) in [6, 6.07) is 1.75. The molecule has 1 heterocycles. The number of methoxy groups -OCH3 is 1. The van der Waals surface area contributed by atoms with E-state index in [0.717, 1.165) is 10.0 Å². The molecule has 16 heavy (non-hydrogen) atoms. The lowest BCUT2D eigenvalue weighted by Crippen LogP contribution is -2.16. The highest BCUT2D eigenvalue weighted by Crippen LogP contribution is 2.17. The minimum Gasteiger partial charge on any atom is -0.481 e. The molecule has 7 heteroatoms. The highest BCUT2D eigenvalue weighted by molar-refractivity contribution is 8.22. The monoisotopic (exact) mass is 258 g/mol. The van der Waals surface area contributed by atoms with Crippen molar-refractivity contribution in [3.8, 4) is 5.88 Å². The molecule has 0 radical (unpaired) electrons. The molecule has 0 spiro atoms. The first-order valence-corrected chi connectivity index (χ1v) is 5.94. The molecule has 1 aromatic rings. The molecule has 0 amide bonds. The number of nitrogen functional groups attached to an aromatic ring is 1. The van der Waals surface area contributed by atoms with Crippen LogP contribution in [0, 0.1) is 0 Å². The van der Waals surface area contributed by atoms with Gasteiger partial charge in [-0.15, -0.1) is 0 Å². The minimum absolute atomic E-state index is 0.214. The van der Waals surface area contributed by atoms with Crippen LogP contribution in [0.4, 0.5) is 5.95 Å². The van der Waals surface area contributed by atoms with Crippen molar-refractivity contribution in [3.63, 3.8) is 0 Å². The fourth-order valence-corrected chi connectivity index (χ4v) is 1.79. The van der Waals surface area contributed by atoms with Crippen molar-refractivity contribution in [2.45, 2.75) is 5.75 Å². The van der Waals surface area contributed by atoms with Gasteiger partial charge in [0.25, 0.3) is 0 Å². The number of anilines is 1. The number of hydrogen-bond acceptors (Lipinski definition) is 6. The van der Waals surface area contributed by atoms with Crippen LogP contribution in [-0.2, 0) is 5.75 Å². The van der Waals surface area contributed by atoms with Crippen LogP contribution in [-0.4, -0.2) is 40.4 Å². The Labute approximate surface area is 104 Å². The Morgan fingerprint density at radius 1 is 1.56 bits per heavy atom. The smallest absolute Gasteiger partial charge is 0.223 e. The number of rotatable bonds is 3. The zero-order valence-corrected chi connectivity index (χ0v) is 11.1. The summed E-state index contributed by atoms with van der Waals surface area (Å²) in [4.78, 5) is 9.88. The summed E-state index contributed by atoms with van der Waals surface area (Å²) in [7, 11) is 5.36. The second kappa shape index (κ2) is 5.86. The van der Waals surface area contributed by atoms with Gasteiger partial charge in [0, 0.05) is 25.9 Å². The quantitative estimate of drug-likeness (QED) is 0.816. The SMILES string of the molecule is COc1cc(CSC(=S)N(C)C)nc(N)n1. The zero-order valence-electron chi connectivity index (χ0n) is 9.43. The van der Waals surface area contributed by atoms with Crippen molar-refractivity contribution in [1.29, 1.82) is 0 Å². The van der Waals surface area contributed by atoms with Crippen molar-refractivity contribution in [1.82, 2.24) is 14.9 Å². The van der Waals surface area contributed by atoms with E-state index >= 15 is 0 Å². The van der Waals surface area contributed by atoms with Crippen LogP contribution < -0.4 is 10.5 Å². The molecule has 5 nitrogen and oxygen atoms in total. The second-order valence-corrected chi connectivity index (χ2v) is 4.82. The third kappa shape index (κ3) is 3.82. The summed E-state index contributed by atoms with van der Waals surface area (Å²) >= 11 is 6.68. The van der Waals surface area contributed by atoms with Gasteiger partial charge in [0.15, 0.2) is 0 Å². The maximum absolute atomic E-state index is 5.55. The van der Waals surface area contributed by atoms with E-state index in [1.54, 1.807) is 13.2 Å². The molecule has 0 aliphatic rings. The zero-order chi connectivity index (χ0) is 12.1. The van der Waals surface area contributed by atoms with Crippen LogP contribution in [0.25, 0.3) is 0 Å². The van der Waals surface area contributed by atoms with Crippen molar-refractivity contribution in [2.24, 2.45) is 0 Å². The van der Waals surface area contributed by atoms with Crippen LogP contribution in [0.2, 0.25) is 0 Å². The third-order valence-corrected chi connectivity index (χ3v) is 3.46. The molecular weight excluding hydrogens is 244 g/mol. The number of nitrogens with zero attached hydrogens (tertiary/aromatic N) is 3. The summed E-state index contributed by atoms with van der Waals surface area (Å²) in [6.45, 7) is 0. The Hall–Kier alpha value is -1.08. The van der Waals surface area contributed by atoms with Crippen molar-refractivity contribution in [2.75, 3.05) is 26.9 Å². The van der Waals surface area contributed by atoms with Gasteiger partial charge in [0.2, 0.25) is 11.8 Å². The largest absolute Gasteiger partial charge is 0.481 e. The molecule has 1 aromatic heterocycles. The molecule has 2 N–H and O–H groups in total. The lowest BCUT2D eigenvalue weighted by molar-refractivity contribution is 0.397. The van der Waals surface area contributed by atoms with E-state index in [2.05, 4.69) is 9.97 Å². The predicted molar refractivity (Wildman–Crippen MR) is 70.6 cm³/mol.